The van der Waals surface area contributed by atoms with Gasteiger partial charge in [-0.25, -0.2) is 0 Å². The van der Waals surface area contributed by atoms with Crippen molar-refractivity contribution in [3.05, 3.63) is 11.1 Å². The number of rotatable bonds is 1. The molecule has 0 radical (unpaired) electrons. The molecule has 4 aliphatic carbocycles. The molecule has 3 N–H and O–H groups in total. The molecule has 0 saturated heterocycles. The van der Waals surface area contributed by atoms with Crippen molar-refractivity contribution in [2.45, 2.75) is 83.2 Å². The number of esters is 1. The zero-order valence-corrected chi connectivity index (χ0v) is 15.1. The Labute approximate surface area is 149 Å². The third kappa shape index (κ3) is 2.66. The number of aliphatic hydroxyl groups is 3. The Kier molecular flexibility index (Phi) is 4.25. The summed E-state index contributed by atoms with van der Waals surface area (Å²) in [6, 6.07) is 0. The van der Waals surface area contributed by atoms with Gasteiger partial charge in [-0.3, -0.25) is 4.79 Å². The molecule has 0 aromatic rings. The van der Waals surface area contributed by atoms with Gasteiger partial charge in [0, 0.05) is 12.3 Å². The minimum atomic E-state index is -0.645. The largest absolute Gasteiger partial charge is 0.459 e. The Morgan fingerprint density at radius 1 is 1.16 bits per heavy atom. The molecule has 140 valence electrons. The number of carbonyl (C=O) groups is 1. The van der Waals surface area contributed by atoms with Gasteiger partial charge in [-0.05, 0) is 62.7 Å². The maximum atomic E-state index is 11.5. The quantitative estimate of drug-likeness (QED) is 0.497. The normalized spacial score (nSPS) is 49.2. The highest BCUT2D eigenvalue weighted by atomic mass is 16.6. The monoisotopic (exact) mass is 350 g/mol. The van der Waals surface area contributed by atoms with Gasteiger partial charge in [-0.1, -0.05) is 18.1 Å². The number of aliphatic hydroxyl groups excluding tert-OH is 3. The first-order chi connectivity index (χ1) is 11.8. The van der Waals surface area contributed by atoms with Crippen LogP contribution in [0.1, 0.15) is 58.8 Å². The van der Waals surface area contributed by atoms with E-state index in [0.717, 1.165) is 25.7 Å². The second-order valence-electron chi connectivity index (χ2n) is 8.96. The molecule has 2 fully saturated rings. The molecule has 0 bridgehead atoms. The standard InChI is InChI=1S/C20H30O5/c1-10(21)25-19-17(24)9-15-18-14(5-6-20(15,19)2)13-4-3-12(22)7-11(13)8-16(18)23/h12,14-19,22-24H,3-9H2,1-2H3/t12-,14?,15?,16-,17+,18?,19-,20-/m0/s1. The molecule has 5 heteroatoms. The second-order valence-corrected chi connectivity index (χ2v) is 8.96. The van der Waals surface area contributed by atoms with Crippen molar-refractivity contribution >= 4 is 5.97 Å². The van der Waals surface area contributed by atoms with Crippen molar-refractivity contribution in [2.75, 3.05) is 0 Å². The molecule has 4 aliphatic rings. The summed E-state index contributed by atoms with van der Waals surface area (Å²) in [7, 11) is 0. The summed E-state index contributed by atoms with van der Waals surface area (Å²) in [5.74, 6) is 0.306. The van der Waals surface area contributed by atoms with Crippen molar-refractivity contribution < 1.29 is 24.9 Å². The summed E-state index contributed by atoms with van der Waals surface area (Å²) in [6.07, 6.45) is 3.76. The van der Waals surface area contributed by atoms with E-state index in [1.54, 1.807) is 0 Å². The summed E-state index contributed by atoms with van der Waals surface area (Å²) in [5.41, 5.74) is 2.47. The summed E-state index contributed by atoms with van der Waals surface area (Å²) < 4.78 is 5.52. The fourth-order valence-electron chi connectivity index (χ4n) is 6.57. The van der Waals surface area contributed by atoms with E-state index in [2.05, 4.69) is 6.92 Å². The number of allylic oxidation sites excluding steroid dienone is 1. The van der Waals surface area contributed by atoms with Crippen LogP contribution in [-0.2, 0) is 9.53 Å². The third-order valence-corrected chi connectivity index (χ3v) is 7.59. The maximum Gasteiger partial charge on any atom is 0.303 e. The molecular weight excluding hydrogens is 320 g/mol. The van der Waals surface area contributed by atoms with Gasteiger partial charge in [0.05, 0.1) is 18.3 Å². The van der Waals surface area contributed by atoms with Gasteiger partial charge in [0.2, 0.25) is 0 Å². The minimum Gasteiger partial charge on any atom is -0.459 e. The van der Waals surface area contributed by atoms with Crippen LogP contribution >= 0.6 is 0 Å². The summed E-state index contributed by atoms with van der Waals surface area (Å²) in [6.45, 7) is 3.52. The van der Waals surface area contributed by atoms with Gasteiger partial charge in [-0.2, -0.15) is 0 Å². The molecule has 2 saturated carbocycles. The van der Waals surface area contributed by atoms with Gasteiger partial charge >= 0.3 is 5.97 Å². The summed E-state index contributed by atoms with van der Waals surface area (Å²) in [4.78, 5) is 11.5. The number of hydrogen-bond donors (Lipinski definition) is 3. The average molecular weight is 350 g/mol. The van der Waals surface area contributed by atoms with Crippen LogP contribution in [0.2, 0.25) is 0 Å². The smallest absolute Gasteiger partial charge is 0.303 e. The number of hydrogen-bond acceptors (Lipinski definition) is 5. The topological polar surface area (TPSA) is 87.0 Å². The third-order valence-electron chi connectivity index (χ3n) is 7.59. The first kappa shape index (κ1) is 17.5. The van der Waals surface area contributed by atoms with E-state index in [-0.39, 0.29) is 29.3 Å². The molecule has 8 atom stereocenters. The van der Waals surface area contributed by atoms with E-state index in [1.165, 1.54) is 18.1 Å². The second kappa shape index (κ2) is 6.07. The Hall–Kier alpha value is -0.910. The highest BCUT2D eigenvalue weighted by molar-refractivity contribution is 5.66. The van der Waals surface area contributed by atoms with E-state index >= 15 is 0 Å². The number of fused-ring (bicyclic) bond motifs is 4. The van der Waals surface area contributed by atoms with E-state index in [4.69, 9.17) is 4.74 Å². The van der Waals surface area contributed by atoms with Crippen LogP contribution in [0.15, 0.2) is 11.1 Å². The van der Waals surface area contributed by atoms with Gasteiger partial charge in [-0.15, -0.1) is 0 Å². The maximum absolute atomic E-state index is 11.5. The van der Waals surface area contributed by atoms with Crippen molar-refractivity contribution in [3.8, 4) is 0 Å². The van der Waals surface area contributed by atoms with Gasteiger partial charge in [0.15, 0.2) is 0 Å². The molecule has 0 aromatic carbocycles. The van der Waals surface area contributed by atoms with Crippen LogP contribution in [0.3, 0.4) is 0 Å². The Balaban J connectivity index is 1.65. The van der Waals surface area contributed by atoms with Crippen molar-refractivity contribution in [1.29, 1.82) is 0 Å². The molecule has 5 nitrogen and oxygen atoms in total. The van der Waals surface area contributed by atoms with Crippen LogP contribution in [0.25, 0.3) is 0 Å². The molecule has 0 spiro atoms. The lowest BCUT2D eigenvalue weighted by Gasteiger charge is -2.53. The van der Waals surface area contributed by atoms with Crippen LogP contribution < -0.4 is 0 Å². The van der Waals surface area contributed by atoms with Gasteiger partial charge < -0.3 is 20.1 Å². The number of carbonyl (C=O) groups excluding carboxylic acids is 1. The highest BCUT2D eigenvalue weighted by Gasteiger charge is 2.61. The molecule has 25 heavy (non-hydrogen) atoms. The molecule has 0 aliphatic heterocycles. The lowest BCUT2D eigenvalue weighted by molar-refractivity contribution is -0.163. The average Bonchev–Trinajstić information content (AvgIpc) is 2.78. The molecule has 4 rings (SSSR count). The molecule has 3 unspecified atom stereocenters. The SMILES string of the molecule is CC(=O)O[C@H]1[C@H](O)CC2C3C(CC[C@@]21C)C1=C(C[C@@H](O)CC1)C[C@@H]3O. The van der Waals surface area contributed by atoms with Crippen LogP contribution in [0.4, 0.5) is 0 Å². The first-order valence-corrected chi connectivity index (χ1v) is 9.73. The molecule has 0 aromatic heterocycles. The summed E-state index contributed by atoms with van der Waals surface area (Å²) >= 11 is 0. The predicted molar refractivity (Wildman–Crippen MR) is 91.5 cm³/mol. The first-order valence-electron chi connectivity index (χ1n) is 9.73. The lowest BCUT2D eigenvalue weighted by Crippen LogP contribution is -2.51. The summed E-state index contributed by atoms with van der Waals surface area (Å²) in [5, 5.41) is 31.5. The van der Waals surface area contributed by atoms with Crippen LogP contribution in [0.5, 0.6) is 0 Å². The zero-order chi connectivity index (χ0) is 17.9. The number of ether oxygens (including phenoxy) is 1. The lowest BCUT2D eigenvalue weighted by atomic mass is 9.53. The van der Waals surface area contributed by atoms with E-state index in [1.807, 2.05) is 0 Å². The van der Waals surface area contributed by atoms with Crippen LogP contribution in [0, 0.1) is 23.2 Å². The van der Waals surface area contributed by atoms with E-state index in [9.17, 15) is 20.1 Å². The fourth-order valence-corrected chi connectivity index (χ4v) is 6.57. The predicted octanol–water partition coefficient (Wildman–Crippen LogP) is 1.94. The van der Waals surface area contributed by atoms with Crippen molar-refractivity contribution in [1.82, 2.24) is 0 Å². The molecular formula is C20H30O5. The van der Waals surface area contributed by atoms with Crippen LogP contribution in [-0.4, -0.2) is 45.7 Å². The Bertz CT molecular complexity index is 599. The van der Waals surface area contributed by atoms with Crippen molar-refractivity contribution in [2.24, 2.45) is 23.2 Å². The molecule has 0 amide bonds. The fraction of sp³-hybridized carbons (Fsp3) is 0.850. The zero-order valence-electron chi connectivity index (χ0n) is 15.1. The van der Waals surface area contributed by atoms with Gasteiger partial charge in [0.1, 0.15) is 6.10 Å². The highest BCUT2D eigenvalue weighted by Crippen LogP contribution is 2.61. The van der Waals surface area contributed by atoms with E-state index < -0.39 is 18.3 Å². The van der Waals surface area contributed by atoms with Gasteiger partial charge in [0.25, 0.3) is 0 Å². The Morgan fingerprint density at radius 2 is 1.92 bits per heavy atom. The molecule has 0 heterocycles. The minimum absolute atomic E-state index is 0.128. The van der Waals surface area contributed by atoms with Crippen molar-refractivity contribution in [3.63, 3.8) is 0 Å². The Morgan fingerprint density at radius 3 is 2.64 bits per heavy atom. The van der Waals surface area contributed by atoms with E-state index in [0.29, 0.717) is 25.2 Å².